The van der Waals surface area contributed by atoms with Gasteiger partial charge in [-0.2, -0.15) is 0 Å². The molecule has 3 heteroatoms. The number of allylic oxidation sites excluding steroid dienone is 1. The fraction of sp³-hybridized carbons (Fsp3) is 0.667. The second-order valence-electron chi connectivity index (χ2n) is 2.45. The molecule has 0 amide bonds. The van der Waals surface area contributed by atoms with Crippen LogP contribution in [0.5, 0.6) is 0 Å². The lowest BCUT2D eigenvalue weighted by Gasteiger charge is -1.95. The number of hydrogen-bond acceptors (Lipinski definition) is 1. The molecule has 1 aliphatic carbocycles. The van der Waals surface area contributed by atoms with Crippen LogP contribution in [-0.4, -0.2) is 9.58 Å². The number of fused-ring (bicyclic) bond motifs is 1. The fourth-order valence-corrected chi connectivity index (χ4v) is 3.42. The average molecular weight is 181 g/mol. The standard InChI is InChI=1S/C6H6Cl2S/c7-6(8)4-2-1-3-9-5(4)6/h1,3-5H,2H2. The summed E-state index contributed by atoms with van der Waals surface area (Å²) in [6.45, 7) is 0. The monoisotopic (exact) mass is 180 g/mol. The zero-order chi connectivity index (χ0) is 6.48. The van der Waals surface area contributed by atoms with E-state index >= 15 is 0 Å². The van der Waals surface area contributed by atoms with Gasteiger partial charge in [0, 0.05) is 11.2 Å². The molecule has 1 fully saturated rings. The molecule has 50 valence electrons. The van der Waals surface area contributed by atoms with Gasteiger partial charge in [-0.15, -0.1) is 35.0 Å². The van der Waals surface area contributed by atoms with Crippen molar-refractivity contribution in [3.05, 3.63) is 11.5 Å². The van der Waals surface area contributed by atoms with Gasteiger partial charge in [0.2, 0.25) is 0 Å². The topological polar surface area (TPSA) is 0 Å². The molecular weight excluding hydrogens is 175 g/mol. The first-order chi connectivity index (χ1) is 4.23. The van der Waals surface area contributed by atoms with Crippen molar-refractivity contribution >= 4 is 35.0 Å². The van der Waals surface area contributed by atoms with Gasteiger partial charge < -0.3 is 0 Å². The maximum atomic E-state index is 5.92. The van der Waals surface area contributed by atoms with Gasteiger partial charge in [0.1, 0.15) is 4.33 Å². The second kappa shape index (κ2) is 1.84. The molecule has 1 heterocycles. The van der Waals surface area contributed by atoms with Crippen LogP contribution in [0.1, 0.15) is 6.42 Å². The van der Waals surface area contributed by atoms with Gasteiger partial charge in [0.15, 0.2) is 0 Å². The molecule has 1 aliphatic heterocycles. The zero-order valence-corrected chi connectivity index (χ0v) is 7.01. The molecule has 0 N–H and O–H groups in total. The van der Waals surface area contributed by atoms with Gasteiger partial charge >= 0.3 is 0 Å². The second-order valence-corrected chi connectivity index (χ2v) is 4.94. The minimum Gasteiger partial charge on any atom is -0.127 e. The van der Waals surface area contributed by atoms with Crippen molar-refractivity contribution in [3.8, 4) is 0 Å². The van der Waals surface area contributed by atoms with Crippen LogP contribution in [0, 0.1) is 5.92 Å². The Kier molecular flexibility index (Phi) is 1.30. The van der Waals surface area contributed by atoms with Crippen molar-refractivity contribution in [2.75, 3.05) is 0 Å². The van der Waals surface area contributed by atoms with Gasteiger partial charge in [-0.25, -0.2) is 0 Å². The molecule has 2 aliphatic rings. The Morgan fingerprint density at radius 1 is 1.56 bits per heavy atom. The van der Waals surface area contributed by atoms with Crippen molar-refractivity contribution in [1.29, 1.82) is 0 Å². The van der Waals surface area contributed by atoms with E-state index in [4.69, 9.17) is 23.2 Å². The molecule has 2 unspecified atom stereocenters. The van der Waals surface area contributed by atoms with Crippen molar-refractivity contribution in [2.24, 2.45) is 5.92 Å². The molecular formula is C6H6Cl2S. The minimum atomic E-state index is -0.409. The molecule has 9 heavy (non-hydrogen) atoms. The summed E-state index contributed by atoms with van der Waals surface area (Å²) >= 11 is 13.6. The highest BCUT2D eigenvalue weighted by atomic mass is 35.5. The SMILES string of the molecule is ClC1(Cl)C2CC=CSC21. The first-order valence-corrected chi connectivity index (χ1v) is 4.61. The molecule has 0 aromatic carbocycles. The Labute approximate surface area is 68.6 Å². The first-order valence-electron chi connectivity index (χ1n) is 2.91. The summed E-state index contributed by atoms with van der Waals surface area (Å²) in [6, 6.07) is 0. The molecule has 0 aromatic heterocycles. The van der Waals surface area contributed by atoms with E-state index in [0.29, 0.717) is 11.2 Å². The van der Waals surface area contributed by atoms with Crippen LogP contribution >= 0.6 is 35.0 Å². The number of rotatable bonds is 0. The number of alkyl halides is 2. The van der Waals surface area contributed by atoms with E-state index in [9.17, 15) is 0 Å². The Morgan fingerprint density at radius 3 is 2.78 bits per heavy atom. The summed E-state index contributed by atoms with van der Waals surface area (Å²) in [4.78, 5) is 0. The summed E-state index contributed by atoms with van der Waals surface area (Å²) < 4.78 is -0.409. The molecule has 2 rings (SSSR count). The Hall–Kier alpha value is 0.670. The van der Waals surface area contributed by atoms with Crippen LogP contribution in [0.2, 0.25) is 0 Å². The van der Waals surface area contributed by atoms with Crippen LogP contribution in [0.25, 0.3) is 0 Å². The van der Waals surface area contributed by atoms with Gasteiger partial charge in [0.25, 0.3) is 0 Å². The molecule has 1 saturated carbocycles. The Bertz CT molecular complexity index is 148. The van der Waals surface area contributed by atoms with Gasteiger partial charge in [-0.1, -0.05) is 6.08 Å². The highest BCUT2D eigenvalue weighted by molar-refractivity contribution is 8.03. The lowest BCUT2D eigenvalue weighted by atomic mass is 10.3. The van der Waals surface area contributed by atoms with E-state index in [1.165, 1.54) is 0 Å². The van der Waals surface area contributed by atoms with E-state index < -0.39 is 4.33 Å². The third-order valence-corrected chi connectivity index (χ3v) is 4.47. The maximum Gasteiger partial charge on any atom is 0.135 e. The van der Waals surface area contributed by atoms with Crippen molar-refractivity contribution in [2.45, 2.75) is 16.0 Å². The average Bonchev–Trinajstić information content (AvgIpc) is 2.39. The van der Waals surface area contributed by atoms with Crippen LogP contribution in [0.3, 0.4) is 0 Å². The molecule has 0 bridgehead atoms. The quantitative estimate of drug-likeness (QED) is 0.518. The van der Waals surface area contributed by atoms with Crippen LogP contribution < -0.4 is 0 Å². The highest BCUT2D eigenvalue weighted by Crippen LogP contribution is 2.63. The lowest BCUT2D eigenvalue weighted by molar-refractivity contribution is 0.849. The third-order valence-electron chi connectivity index (χ3n) is 1.84. The van der Waals surface area contributed by atoms with Gasteiger partial charge in [0.05, 0.1) is 0 Å². The fourth-order valence-electron chi connectivity index (χ4n) is 1.17. The van der Waals surface area contributed by atoms with E-state index in [2.05, 4.69) is 11.5 Å². The first kappa shape index (κ1) is 6.38. The van der Waals surface area contributed by atoms with Gasteiger partial charge in [-0.3, -0.25) is 0 Å². The van der Waals surface area contributed by atoms with Crippen LogP contribution in [0.4, 0.5) is 0 Å². The number of hydrogen-bond donors (Lipinski definition) is 0. The van der Waals surface area contributed by atoms with Crippen molar-refractivity contribution < 1.29 is 0 Å². The minimum absolute atomic E-state index is 0.409. The third kappa shape index (κ3) is 0.821. The van der Waals surface area contributed by atoms with E-state index in [0.717, 1.165) is 6.42 Å². The Morgan fingerprint density at radius 2 is 2.33 bits per heavy atom. The van der Waals surface area contributed by atoms with E-state index in [1.54, 1.807) is 11.8 Å². The zero-order valence-electron chi connectivity index (χ0n) is 4.68. The van der Waals surface area contributed by atoms with E-state index in [1.807, 2.05) is 0 Å². The number of halogens is 2. The summed E-state index contributed by atoms with van der Waals surface area (Å²) in [5.41, 5.74) is 0. The predicted molar refractivity (Wildman–Crippen MR) is 43.1 cm³/mol. The summed E-state index contributed by atoms with van der Waals surface area (Å²) in [5.74, 6) is 0.524. The number of thioether (sulfide) groups is 1. The maximum absolute atomic E-state index is 5.92. The molecule has 0 radical (unpaired) electrons. The lowest BCUT2D eigenvalue weighted by Crippen LogP contribution is -1.88. The largest absolute Gasteiger partial charge is 0.135 e. The normalized spacial score (nSPS) is 44.2. The summed E-state index contributed by atoms with van der Waals surface area (Å²) in [5, 5.41) is 2.57. The van der Waals surface area contributed by atoms with Crippen LogP contribution in [0.15, 0.2) is 11.5 Å². The van der Waals surface area contributed by atoms with Crippen molar-refractivity contribution in [1.82, 2.24) is 0 Å². The molecule has 0 nitrogen and oxygen atoms in total. The molecule has 0 aromatic rings. The summed E-state index contributed by atoms with van der Waals surface area (Å²) in [7, 11) is 0. The highest BCUT2D eigenvalue weighted by Gasteiger charge is 2.63. The predicted octanol–water partition coefficient (Wildman–Crippen LogP) is 2.81. The smallest absolute Gasteiger partial charge is 0.127 e. The molecule has 2 atom stereocenters. The van der Waals surface area contributed by atoms with Crippen molar-refractivity contribution in [3.63, 3.8) is 0 Å². The van der Waals surface area contributed by atoms with Gasteiger partial charge in [-0.05, 0) is 11.8 Å². The van der Waals surface area contributed by atoms with Crippen LogP contribution in [-0.2, 0) is 0 Å². The van der Waals surface area contributed by atoms with E-state index in [-0.39, 0.29) is 0 Å². The molecule has 0 spiro atoms. The summed E-state index contributed by atoms with van der Waals surface area (Å²) in [6.07, 6.45) is 3.20. The Balaban J connectivity index is 2.14. The molecule has 0 saturated heterocycles.